The first-order valence-corrected chi connectivity index (χ1v) is 10.6. The summed E-state index contributed by atoms with van der Waals surface area (Å²) in [5, 5.41) is 28.7. The molecule has 0 saturated heterocycles. The predicted molar refractivity (Wildman–Crippen MR) is 116 cm³/mol. The number of benzene rings is 2. The lowest BCUT2D eigenvalue weighted by atomic mass is 9.82. The molecular weight excluding hydrogens is 414 g/mol. The number of nitrogens with one attached hydrogen (secondary N) is 2. The normalized spacial score (nSPS) is 22.7. The zero-order valence-electron chi connectivity index (χ0n) is 18.1. The van der Waals surface area contributed by atoms with E-state index < -0.39 is 33.8 Å². The molecular formula is C23H25N3O6. The number of ether oxygens (including phenoxy) is 1. The van der Waals surface area contributed by atoms with Crippen LogP contribution < -0.4 is 15.4 Å². The maximum absolute atomic E-state index is 13.8. The Morgan fingerprint density at radius 2 is 2.00 bits per heavy atom. The Labute approximate surface area is 184 Å². The molecule has 2 atom stereocenters. The van der Waals surface area contributed by atoms with Gasteiger partial charge in [-0.2, -0.15) is 0 Å². The molecule has 9 nitrogen and oxygen atoms in total. The number of hydrogen-bond acceptors (Lipinski definition) is 6. The van der Waals surface area contributed by atoms with E-state index in [0.717, 1.165) is 18.4 Å². The average Bonchev–Trinajstić information content (AvgIpc) is 3.10. The summed E-state index contributed by atoms with van der Waals surface area (Å²) < 4.78 is 5.94. The van der Waals surface area contributed by atoms with Crippen molar-refractivity contribution in [3.63, 3.8) is 0 Å². The summed E-state index contributed by atoms with van der Waals surface area (Å²) in [5.41, 5.74) is -1.65. The van der Waals surface area contributed by atoms with Crippen LogP contribution in [0, 0.1) is 10.1 Å². The Morgan fingerprint density at radius 1 is 1.25 bits per heavy atom. The van der Waals surface area contributed by atoms with Crippen molar-refractivity contribution in [1.82, 2.24) is 10.6 Å². The molecule has 2 amide bonds. The minimum Gasteiger partial charge on any atom is -0.454 e. The Bertz CT molecular complexity index is 1130. The van der Waals surface area contributed by atoms with E-state index in [1.807, 2.05) is 20.8 Å². The molecule has 0 saturated carbocycles. The van der Waals surface area contributed by atoms with E-state index in [-0.39, 0.29) is 28.4 Å². The molecule has 4 rings (SSSR count). The van der Waals surface area contributed by atoms with E-state index in [2.05, 4.69) is 10.6 Å². The van der Waals surface area contributed by atoms with Crippen LogP contribution >= 0.6 is 0 Å². The molecule has 1 aliphatic carbocycles. The molecule has 0 radical (unpaired) electrons. The van der Waals surface area contributed by atoms with Gasteiger partial charge in [0, 0.05) is 23.7 Å². The van der Waals surface area contributed by atoms with Gasteiger partial charge in [-0.3, -0.25) is 14.9 Å². The standard InChI is InChI=1S/C23H25N3O6/c1-4-5-11-24-21(28)25-22-15-10-9-14(13(2)3)12-18(15)32-23(22,29)16-7-6-8-17(26(30)31)19(16)20(22)27/h6-10,12-13,29H,4-5,11H2,1-3H3,(H2,24,25,28). The van der Waals surface area contributed by atoms with Crippen molar-refractivity contribution in [3.05, 3.63) is 68.8 Å². The highest BCUT2D eigenvalue weighted by atomic mass is 16.6. The Balaban J connectivity index is 1.90. The molecule has 2 aromatic carbocycles. The van der Waals surface area contributed by atoms with Gasteiger partial charge in [-0.15, -0.1) is 0 Å². The second-order valence-electron chi connectivity index (χ2n) is 8.43. The number of rotatable bonds is 6. The molecule has 0 spiro atoms. The van der Waals surface area contributed by atoms with Crippen LogP contribution in [0.2, 0.25) is 0 Å². The van der Waals surface area contributed by atoms with Crippen LogP contribution in [-0.2, 0) is 11.3 Å². The first kappa shape index (κ1) is 21.8. The van der Waals surface area contributed by atoms with E-state index >= 15 is 0 Å². The van der Waals surface area contributed by atoms with Crippen molar-refractivity contribution in [1.29, 1.82) is 0 Å². The lowest BCUT2D eigenvalue weighted by molar-refractivity contribution is -0.385. The third-order valence-electron chi connectivity index (χ3n) is 6.13. The minimum atomic E-state index is -2.33. The van der Waals surface area contributed by atoms with Crippen LogP contribution in [0.3, 0.4) is 0 Å². The number of nitro benzene ring substituents is 1. The molecule has 0 bridgehead atoms. The molecule has 0 aromatic heterocycles. The highest BCUT2D eigenvalue weighted by molar-refractivity contribution is 6.14. The lowest BCUT2D eigenvalue weighted by Gasteiger charge is -2.34. The zero-order chi connectivity index (χ0) is 23.3. The molecule has 32 heavy (non-hydrogen) atoms. The summed E-state index contributed by atoms with van der Waals surface area (Å²) >= 11 is 0. The molecule has 2 unspecified atom stereocenters. The molecule has 0 fully saturated rings. The van der Waals surface area contributed by atoms with Crippen LogP contribution in [0.5, 0.6) is 5.75 Å². The number of carbonyl (C=O) groups excluding carboxylic acids is 2. The second-order valence-corrected chi connectivity index (χ2v) is 8.43. The summed E-state index contributed by atoms with van der Waals surface area (Å²) in [4.78, 5) is 37.5. The quantitative estimate of drug-likeness (QED) is 0.359. The van der Waals surface area contributed by atoms with Gasteiger partial charge >= 0.3 is 6.03 Å². The van der Waals surface area contributed by atoms with Crippen molar-refractivity contribution >= 4 is 17.5 Å². The lowest BCUT2D eigenvalue weighted by Crippen LogP contribution is -2.61. The number of urea groups is 1. The van der Waals surface area contributed by atoms with E-state index in [0.29, 0.717) is 6.54 Å². The van der Waals surface area contributed by atoms with Gasteiger partial charge in [-0.1, -0.05) is 51.5 Å². The van der Waals surface area contributed by atoms with Crippen molar-refractivity contribution in [3.8, 4) is 5.75 Å². The van der Waals surface area contributed by atoms with Gasteiger partial charge in [0.15, 0.2) is 0 Å². The third-order valence-corrected chi connectivity index (χ3v) is 6.13. The van der Waals surface area contributed by atoms with Crippen LogP contribution in [0.4, 0.5) is 10.5 Å². The first-order chi connectivity index (χ1) is 15.2. The van der Waals surface area contributed by atoms with Gasteiger partial charge in [-0.25, -0.2) is 4.79 Å². The highest BCUT2D eigenvalue weighted by Crippen LogP contribution is 2.59. The van der Waals surface area contributed by atoms with Crippen molar-refractivity contribution in [2.45, 2.75) is 50.9 Å². The number of nitro groups is 1. The van der Waals surface area contributed by atoms with Crippen molar-refractivity contribution < 1.29 is 24.4 Å². The first-order valence-electron chi connectivity index (χ1n) is 10.6. The topological polar surface area (TPSA) is 131 Å². The second kappa shape index (κ2) is 7.59. The van der Waals surface area contributed by atoms with Gasteiger partial charge in [0.25, 0.3) is 11.5 Å². The summed E-state index contributed by atoms with van der Waals surface area (Å²) in [6.45, 7) is 6.33. The van der Waals surface area contributed by atoms with Gasteiger partial charge in [0.05, 0.1) is 4.92 Å². The SMILES string of the molecule is CCCCNC(=O)NC12C(=O)c3c([N+](=O)[O-])cccc3C1(O)Oc1cc(C(C)C)ccc12. The summed E-state index contributed by atoms with van der Waals surface area (Å²) in [6, 6.07) is 8.45. The fourth-order valence-electron chi connectivity index (χ4n) is 4.45. The van der Waals surface area contributed by atoms with E-state index in [9.17, 15) is 24.8 Å². The number of fused-ring (bicyclic) bond motifs is 5. The van der Waals surface area contributed by atoms with E-state index in [1.165, 1.54) is 18.2 Å². The van der Waals surface area contributed by atoms with E-state index in [1.54, 1.807) is 18.2 Å². The maximum Gasteiger partial charge on any atom is 0.316 e. The fraction of sp³-hybridized carbons (Fsp3) is 0.391. The number of carbonyl (C=O) groups is 2. The Morgan fingerprint density at radius 3 is 2.66 bits per heavy atom. The minimum absolute atomic E-state index is 0.0483. The maximum atomic E-state index is 13.8. The molecule has 9 heteroatoms. The largest absolute Gasteiger partial charge is 0.454 e. The van der Waals surface area contributed by atoms with Crippen molar-refractivity contribution in [2.24, 2.45) is 0 Å². The predicted octanol–water partition coefficient (Wildman–Crippen LogP) is 3.45. The monoisotopic (exact) mass is 439 g/mol. The Kier molecular flexibility index (Phi) is 5.16. The average molecular weight is 439 g/mol. The van der Waals surface area contributed by atoms with Gasteiger partial charge in [-0.05, 0) is 24.0 Å². The number of aliphatic hydroxyl groups is 1. The van der Waals surface area contributed by atoms with Crippen LogP contribution in [0.25, 0.3) is 0 Å². The molecule has 2 aliphatic rings. The van der Waals surface area contributed by atoms with Crippen molar-refractivity contribution in [2.75, 3.05) is 6.54 Å². The number of Topliss-reactive ketones (excluding diaryl/α,β-unsaturated/α-hetero) is 1. The smallest absolute Gasteiger partial charge is 0.316 e. The fourth-order valence-corrected chi connectivity index (χ4v) is 4.45. The molecule has 2 aromatic rings. The summed E-state index contributed by atoms with van der Waals surface area (Å²) in [6.07, 6.45) is 1.59. The van der Waals surface area contributed by atoms with Gasteiger partial charge in [0.1, 0.15) is 11.3 Å². The van der Waals surface area contributed by atoms with Gasteiger partial charge in [0.2, 0.25) is 11.3 Å². The summed E-state index contributed by atoms with van der Waals surface area (Å²) in [5.74, 6) is -2.71. The number of nitrogens with zero attached hydrogens (tertiary/aromatic N) is 1. The van der Waals surface area contributed by atoms with Gasteiger partial charge < -0.3 is 20.5 Å². The van der Waals surface area contributed by atoms with Crippen LogP contribution in [0.15, 0.2) is 36.4 Å². The van der Waals surface area contributed by atoms with Crippen LogP contribution in [-0.4, -0.2) is 28.4 Å². The third kappa shape index (κ3) is 2.88. The zero-order valence-corrected chi connectivity index (χ0v) is 18.1. The molecule has 1 aliphatic heterocycles. The molecule has 1 heterocycles. The Hall–Kier alpha value is -3.46. The summed E-state index contributed by atoms with van der Waals surface area (Å²) in [7, 11) is 0. The number of ketones is 1. The number of amides is 2. The highest BCUT2D eigenvalue weighted by Gasteiger charge is 2.73. The molecule has 3 N–H and O–H groups in total. The van der Waals surface area contributed by atoms with E-state index in [4.69, 9.17) is 4.74 Å². The van der Waals surface area contributed by atoms with Crippen LogP contribution in [0.1, 0.15) is 66.6 Å². The number of hydrogen-bond donors (Lipinski definition) is 3. The molecule has 168 valence electrons. The number of unbranched alkanes of at least 4 members (excludes halogenated alkanes) is 1.